The lowest BCUT2D eigenvalue weighted by molar-refractivity contribution is -0.143. The first-order chi connectivity index (χ1) is 8.74. The van der Waals surface area contributed by atoms with E-state index in [2.05, 4.69) is 4.74 Å². The van der Waals surface area contributed by atoms with E-state index in [0.29, 0.717) is 0 Å². The highest BCUT2D eigenvalue weighted by Gasteiger charge is 2.28. The van der Waals surface area contributed by atoms with Gasteiger partial charge in [-0.2, -0.15) is 4.31 Å². The zero-order valence-corrected chi connectivity index (χ0v) is 12.5. The molecule has 0 aliphatic heterocycles. The second-order valence-corrected chi connectivity index (χ2v) is 6.13. The van der Waals surface area contributed by atoms with E-state index in [1.165, 1.54) is 7.11 Å². The number of hydrogen-bond acceptors (Lipinski definition) is 6. The number of hydrogen-bond donors (Lipinski definition) is 0. The van der Waals surface area contributed by atoms with Gasteiger partial charge in [0.05, 0.1) is 25.9 Å². The Kier molecular flexibility index (Phi) is 7.62. The van der Waals surface area contributed by atoms with Gasteiger partial charge in [0.25, 0.3) is 0 Å². The third-order valence-electron chi connectivity index (χ3n) is 2.32. The molecule has 0 radical (unpaired) electrons. The summed E-state index contributed by atoms with van der Waals surface area (Å²) in [6, 6.07) is -0.396. The fourth-order valence-corrected chi connectivity index (χ4v) is 2.97. The number of nitrogens with zero attached hydrogens (tertiary/aromatic N) is 1. The molecule has 0 aliphatic rings. The van der Waals surface area contributed by atoms with Crippen molar-refractivity contribution in [3.05, 3.63) is 0 Å². The van der Waals surface area contributed by atoms with Crippen LogP contribution in [0, 0.1) is 0 Å². The number of carbonyl (C=O) groups excluding carboxylic acids is 2. The maximum absolute atomic E-state index is 12.0. The molecular weight excluding hydrogens is 274 g/mol. The minimum Gasteiger partial charge on any atom is -0.469 e. The summed E-state index contributed by atoms with van der Waals surface area (Å²) in [5.41, 5.74) is 0. The molecule has 0 bridgehead atoms. The first-order valence-electron chi connectivity index (χ1n) is 5.96. The van der Waals surface area contributed by atoms with Crippen molar-refractivity contribution < 1.29 is 27.5 Å². The Morgan fingerprint density at radius 2 is 1.79 bits per heavy atom. The van der Waals surface area contributed by atoms with E-state index in [0.717, 1.165) is 4.31 Å². The zero-order chi connectivity index (χ0) is 15.1. The molecule has 19 heavy (non-hydrogen) atoms. The molecule has 7 nitrogen and oxygen atoms in total. The standard InChI is InChI=1S/C11H21NO6S/c1-5-18-11(14)8-12(9(2)3)19(15,16)7-6-10(13)17-4/h9H,5-8H2,1-4H3. The Morgan fingerprint density at radius 3 is 2.21 bits per heavy atom. The van der Waals surface area contributed by atoms with Crippen LogP contribution in [0.4, 0.5) is 0 Å². The van der Waals surface area contributed by atoms with Crippen molar-refractivity contribution in [1.29, 1.82) is 0 Å². The number of sulfonamides is 1. The maximum Gasteiger partial charge on any atom is 0.321 e. The smallest absolute Gasteiger partial charge is 0.321 e. The highest BCUT2D eigenvalue weighted by Crippen LogP contribution is 2.09. The monoisotopic (exact) mass is 295 g/mol. The molecule has 0 atom stereocenters. The van der Waals surface area contributed by atoms with Crippen LogP contribution in [0.1, 0.15) is 27.2 Å². The number of ether oxygens (including phenoxy) is 2. The molecular formula is C11H21NO6S. The number of esters is 2. The first-order valence-corrected chi connectivity index (χ1v) is 7.57. The van der Waals surface area contributed by atoms with Crippen molar-refractivity contribution in [2.75, 3.05) is 26.0 Å². The van der Waals surface area contributed by atoms with Gasteiger partial charge < -0.3 is 9.47 Å². The molecule has 0 saturated carbocycles. The number of carbonyl (C=O) groups is 2. The molecule has 0 heterocycles. The van der Waals surface area contributed by atoms with Crippen LogP contribution in [0.15, 0.2) is 0 Å². The van der Waals surface area contributed by atoms with Crippen molar-refractivity contribution in [2.45, 2.75) is 33.2 Å². The Balaban J connectivity index is 4.76. The summed E-state index contributed by atoms with van der Waals surface area (Å²) < 4.78 is 34.2. The van der Waals surface area contributed by atoms with Crippen LogP contribution in [0.5, 0.6) is 0 Å². The average molecular weight is 295 g/mol. The molecule has 0 aliphatic carbocycles. The lowest BCUT2D eigenvalue weighted by Crippen LogP contribution is -2.42. The second-order valence-electron chi connectivity index (χ2n) is 4.09. The van der Waals surface area contributed by atoms with Crippen molar-refractivity contribution in [3.8, 4) is 0 Å². The highest BCUT2D eigenvalue weighted by atomic mass is 32.2. The predicted molar refractivity (Wildman–Crippen MR) is 68.9 cm³/mol. The van der Waals surface area contributed by atoms with Crippen molar-refractivity contribution in [1.82, 2.24) is 4.31 Å². The average Bonchev–Trinajstić information content (AvgIpc) is 2.33. The quantitative estimate of drug-likeness (QED) is 0.592. The van der Waals surface area contributed by atoms with E-state index >= 15 is 0 Å². The van der Waals surface area contributed by atoms with E-state index in [-0.39, 0.29) is 19.6 Å². The van der Waals surface area contributed by atoms with Gasteiger partial charge in [0.1, 0.15) is 6.54 Å². The fourth-order valence-electron chi connectivity index (χ4n) is 1.37. The largest absolute Gasteiger partial charge is 0.469 e. The van der Waals surface area contributed by atoms with E-state index < -0.39 is 33.8 Å². The molecule has 0 N–H and O–H groups in total. The molecule has 0 fully saturated rings. The van der Waals surface area contributed by atoms with Crippen molar-refractivity contribution in [2.24, 2.45) is 0 Å². The topological polar surface area (TPSA) is 90.0 Å². The molecule has 0 spiro atoms. The summed E-state index contributed by atoms with van der Waals surface area (Å²) in [4.78, 5) is 22.4. The van der Waals surface area contributed by atoms with Gasteiger partial charge in [-0.1, -0.05) is 0 Å². The van der Waals surface area contributed by atoms with Crippen LogP contribution in [0.25, 0.3) is 0 Å². The second kappa shape index (κ2) is 8.11. The minimum atomic E-state index is -3.71. The first kappa shape index (κ1) is 17.8. The van der Waals surface area contributed by atoms with Crippen LogP contribution >= 0.6 is 0 Å². The van der Waals surface area contributed by atoms with Gasteiger partial charge in [0.2, 0.25) is 10.0 Å². The van der Waals surface area contributed by atoms with E-state index in [4.69, 9.17) is 4.74 Å². The van der Waals surface area contributed by atoms with Gasteiger partial charge in [0, 0.05) is 6.04 Å². The molecule has 0 unspecified atom stereocenters. The molecule has 0 aromatic heterocycles. The molecule has 0 rings (SSSR count). The van der Waals surface area contributed by atoms with Gasteiger partial charge in [-0.15, -0.1) is 0 Å². The third-order valence-corrected chi connectivity index (χ3v) is 4.30. The van der Waals surface area contributed by atoms with Gasteiger partial charge in [-0.3, -0.25) is 9.59 Å². The lowest BCUT2D eigenvalue weighted by atomic mass is 10.4. The van der Waals surface area contributed by atoms with Gasteiger partial charge in [-0.25, -0.2) is 8.42 Å². The summed E-state index contributed by atoms with van der Waals surface area (Å²) >= 11 is 0. The van der Waals surface area contributed by atoms with E-state index in [9.17, 15) is 18.0 Å². The molecule has 0 amide bonds. The highest BCUT2D eigenvalue weighted by molar-refractivity contribution is 7.89. The van der Waals surface area contributed by atoms with Crippen molar-refractivity contribution >= 4 is 22.0 Å². The predicted octanol–water partition coefficient (Wildman–Crippen LogP) is 0.153. The Labute approximate surface area is 113 Å². The Bertz CT molecular complexity index is 403. The molecule has 0 aromatic rings. The Hall–Kier alpha value is -1.15. The number of methoxy groups -OCH3 is 1. The van der Waals surface area contributed by atoms with Crippen molar-refractivity contribution in [3.63, 3.8) is 0 Å². The van der Waals surface area contributed by atoms with Gasteiger partial charge >= 0.3 is 11.9 Å². The summed E-state index contributed by atoms with van der Waals surface area (Å²) in [6.07, 6.45) is -0.245. The summed E-state index contributed by atoms with van der Waals surface area (Å²) in [7, 11) is -2.52. The molecule has 112 valence electrons. The summed E-state index contributed by atoms with van der Waals surface area (Å²) in [5, 5.41) is 0. The third kappa shape index (κ3) is 6.53. The van der Waals surface area contributed by atoms with Gasteiger partial charge in [-0.05, 0) is 20.8 Å². The summed E-state index contributed by atoms with van der Waals surface area (Å²) in [6.45, 7) is 4.77. The molecule has 8 heteroatoms. The number of rotatable bonds is 8. The molecule has 0 aromatic carbocycles. The van der Waals surface area contributed by atoms with Crippen LogP contribution in [-0.4, -0.2) is 56.7 Å². The van der Waals surface area contributed by atoms with Crippen LogP contribution in [-0.2, 0) is 29.1 Å². The SMILES string of the molecule is CCOC(=O)CN(C(C)C)S(=O)(=O)CCC(=O)OC. The fraction of sp³-hybridized carbons (Fsp3) is 0.818. The summed E-state index contributed by atoms with van der Waals surface area (Å²) in [5.74, 6) is -1.61. The molecule has 0 saturated heterocycles. The minimum absolute atomic E-state index is 0.187. The van der Waals surface area contributed by atoms with E-state index in [1.54, 1.807) is 20.8 Å². The van der Waals surface area contributed by atoms with Gasteiger partial charge in [0.15, 0.2) is 0 Å². The van der Waals surface area contributed by atoms with Crippen LogP contribution < -0.4 is 0 Å². The lowest BCUT2D eigenvalue weighted by Gasteiger charge is -2.24. The Morgan fingerprint density at radius 1 is 1.21 bits per heavy atom. The van der Waals surface area contributed by atoms with E-state index in [1.807, 2.05) is 0 Å². The van der Waals surface area contributed by atoms with Crippen LogP contribution in [0.2, 0.25) is 0 Å². The maximum atomic E-state index is 12.0. The van der Waals surface area contributed by atoms with Crippen LogP contribution in [0.3, 0.4) is 0 Å². The zero-order valence-electron chi connectivity index (χ0n) is 11.7. The normalized spacial score (nSPS) is 11.7.